The Bertz CT molecular complexity index is 771. The molecule has 6 nitrogen and oxygen atoms in total. The normalized spacial score (nSPS) is 21.5. The van der Waals surface area contributed by atoms with Gasteiger partial charge in [0, 0.05) is 32.6 Å². The van der Waals surface area contributed by atoms with E-state index in [1.54, 1.807) is 0 Å². The van der Waals surface area contributed by atoms with Crippen LogP contribution in [0.5, 0.6) is 11.5 Å². The highest BCUT2D eigenvalue weighted by Gasteiger charge is 2.32. The van der Waals surface area contributed by atoms with Crippen molar-refractivity contribution in [2.75, 3.05) is 19.9 Å². The summed E-state index contributed by atoms with van der Waals surface area (Å²) >= 11 is 0. The Morgan fingerprint density at radius 3 is 3.04 bits per heavy atom. The first-order valence-corrected chi connectivity index (χ1v) is 8.82. The molecule has 1 amide bonds. The third-order valence-corrected chi connectivity index (χ3v) is 5.14. The predicted octanol–water partition coefficient (Wildman–Crippen LogP) is 0.790. The molecule has 2 aromatic rings. The molecular formula is C19H24N3O3+. The zero-order valence-corrected chi connectivity index (χ0v) is 14.5. The van der Waals surface area contributed by atoms with Gasteiger partial charge in [-0.15, -0.1) is 0 Å². The number of aryl methyl sites for hydroxylation is 1. The fraction of sp³-hybridized carbons (Fsp3) is 0.421. The minimum absolute atomic E-state index is 0.0915. The monoisotopic (exact) mass is 342 g/mol. The number of nitrogens with zero attached hydrogens (tertiary/aromatic N) is 1. The quantitative estimate of drug-likeness (QED) is 0.845. The van der Waals surface area contributed by atoms with E-state index in [1.165, 1.54) is 17.0 Å². The van der Waals surface area contributed by atoms with Crippen molar-refractivity contribution >= 4 is 5.91 Å². The summed E-state index contributed by atoms with van der Waals surface area (Å²) in [6, 6.07) is 10.4. The van der Waals surface area contributed by atoms with E-state index in [1.807, 2.05) is 18.2 Å². The minimum atomic E-state index is 0.0915. The topological polar surface area (TPSA) is 56.9 Å². The molecule has 2 N–H and O–H groups in total. The van der Waals surface area contributed by atoms with Crippen molar-refractivity contribution in [1.29, 1.82) is 0 Å². The molecule has 2 atom stereocenters. The molecule has 0 spiro atoms. The number of likely N-dealkylation sites (tertiary alicyclic amines) is 1. The number of quaternary nitrogens is 1. The summed E-state index contributed by atoms with van der Waals surface area (Å²) in [5.41, 5.74) is 2.34. The number of hydrogen-bond acceptors (Lipinski definition) is 3. The first-order chi connectivity index (χ1) is 12.2. The summed E-state index contributed by atoms with van der Waals surface area (Å²) < 4.78 is 12.9. The van der Waals surface area contributed by atoms with Gasteiger partial charge in [-0.1, -0.05) is 6.07 Å². The number of fused-ring (bicyclic) bond motifs is 1. The molecule has 6 heteroatoms. The maximum Gasteiger partial charge on any atom is 0.275 e. The Hall–Kier alpha value is -2.47. The third kappa shape index (κ3) is 3.35. The lowest BCUT2D eigenvalue weighted by Crippen LogP contribution is -3.11. The second-order valence-electron chi connectivity index (χ2n) is 6.79. The molecule has 1 fully saturated rings. The summed E-state index contributed by atoms with van der Waals surface area (Å²) in [6.45, 7) is 2.34. The van der Waals surface area contributed by atoms with Gasteiger partial charge in [0.1, 0.15) is 6.04 Å². The van der Waals surface area contributed by atoms with E-state index in [4.69, 9.17) is 9.47 Å². The van der Waals surface area contributed by atoms with Gasteiger partial charge in [0.2, 0.25) is 6.79 Å². The van der Waals surface area contributed by atoms with Crippen LogP contribution >= 0.6 is 0 Å². The molecule has 4 rings (SSSR count). The van der Waals surface area contributed by atoms with Crippen LogP contribution in [0.2, 0.25) is 0 Å². The van der Waals surface area contributed by atoms with Crippen LogP contribution < -0.4 is 19.7 Å². The lowest BCUT2D eigenvalue weighted by molar-refractivity contribution is -0.911. The van der Waals surface area contributed by atoms with Crippen LogP contribution in [0.3, 0.4) is 0 Å². The van der Waals surface area contributed by atoms with E-state index in [-0.39, 0.29) is 12.7 Å². The highest BCUT2D eigenvalue weighted by molar-refractivity contribution is 5.76. The molecule has 1 saturated heterocycles. The molecule has 1 unspecified atom stereocenters. The van der Waals surface area contributed by atoms with Crippen molar-refractivity contribution in [2.24, 2.45) is 7.05 Å². The molecule has 1 aromatic carbocycles. The van der Waals surface area contributed by atoms with E-state index in [0.29, 0.717) is 19.1 Å². The van der Waals surface area contributed by atoms with Crippen molar-refractivity contribution < 1.29 is 19.2 Å². The third-order valence-electron chi connectivity index (χ3n) is 5.14. The van der Waals surface area contributed by atoms with Crippen molar-refractivity contribution in [3.63, 3.8) is 0 Å². The van der Waals surface area contributed by atoms with Gasteiger partial charge in [0.15, 0.2) is 18.0 Å². The molecule has 132 valence electrons. The Morgan fingerprint density at radius 2 is 2.20 bits per heavy atom. The average molecular weight is 342 g/mol. The SMILES string of the molecule is Cn1cccc1[C@@H]1CCC[NH+]1CC(=O)NCc1ccc2c(c1)OCO2. The van der Waals surface area contributed by atoms with Crippen molar-refractivity contribution in [3.05, 3.63) is 47.8 Å². The fourth-order valence-corrected chi connectivity index (χ4v) is 3.84. The second-order valence-corrected chi connectivity index (χ2v) is 6.79. The minimum Gasteiger partial charge on any atom is -0.454 e. The maximum atomic E-state index is 12.4. The van der Waals surface area contributed by atoms with Gasteiger partial charge >= 0.3 is 0 Å². The summed E-state index contributed by atoms with van der Waals surface area (Å²) in [7, 11) is 2.07. The number of rotatable bonds is 5. The lowest BCUT2D eigenvalue weighted by atomic mass is 10.1. The molecule has 3 heterocycles. The van der Waals surface area contributed by atoms with Gasteiger partial charge in [-0.3, -0.25) is 4.79 Å². The standard InChI is InChI=1S/C19H23N3O3/c1-21-8-2-4-15(21)16-5-3-9-22(16)12-19(23)20-11-14-6-7-17-18(10-14)25-13-24-17/h2,4,6-8,10,16H,3,5,9,11-13H2,1H3,(H,20,23)/p+1/t16-/m0/s1. The summed E-state index contributed by atoms with van der Waals surface area (Å²) in [5.74, 6) is 1.61. The van der Waals surface area contributed by atoms with Gasteiger partial charge in [0.05, 0.1) is 12.2 Å². The molecule has 1 aromatic heterocycles. The number of aromatic nitrogens is 1. The highest BCUT2D eigenvalue weighted by Crippen LogP contribution is 2.32. The Balaban J connectivity index is 1.33. The van der Waals surface area contributed by atoms with Crippen LogP contribution in [0.4, 0.5) is 0 Å². The van der Waals surface area contributed by atoms with E-state index >= 15 is 0 Å². The number of hydrogen-bond donors (Lipinski definition) is 2. The zero-order valence-electron chi connectivity index (χ0n) is 14.5. The molecule has 0 radical (unpaired) electrons. The van der Waals surface area contributed by atoms with Crippen LogP contribution in [0, 0.1) is 0 Å². The number of carbonyl (C=O) groups excluding carboxylic acids is 1. The highest BCUT2D eigenvalue weighted by atomic mass is 16.7. The van der Waals surface area contributed by atoms with E-state index < -0.39 is 0 Å². The number of amides is 1. The number of ether oxygens (including phenoxy) is 2. The number of carbonyl (C=O) groups is 1. The van der Waals surface area contributed by atoms with Crippen molar-refractivity contribution in [2.45, 2.75) is 25.4 Å². The summed E-state index contributed by atoms with van der Waals surface area (Å²) in [6.07, 6.45) is 4.38. The van der Waals surface area contributed by atoms with Gasteiger partial charge < -0.3 is 24.3 Å². The van der Waals surface area contributed by atoms with Crippen LogP contribution in [-0.2, 0) is 18.4 Å². The molecule has 2 aliphatic heterocycles. The zero-order chi connectivity index (χ0) is 17.2. The van der Waals surface area contributed by atoms with Crippen molar-refractivity contribution in [3.8, 4) is 11.5 Å². The number of benzene rings is 1. The predicted molar refractivity (Wildman–Crippen MR) is 92.5 cm³/mol. The smallest absolute Gasteiger partial charge is 0.275 e. The molecule has 0 aliphatic carbocycles. The first-order valence-electron chi connectivity index (χ1n) is 8.82. The Labute approximate surface area is 147 Å². The number of nitrogens with one attached hydrogen (secondary N) is 2. The van der Waals surface area contributed by atoms with Crippen molar-refractivity contribution in [1.82, 2.24) is 9.88 Å². The lowest BCUT2D eigenvalue weighted by Gasteiger charge is -2.21. The van der Waals surface area contributed by atoms with Gasteiger partial charge in [0.25, 0.3) is 5.91 Å². The summed E-state index contributed by atoms with van der Waals surface area (Å²) in [4.78, 5) is 13.8. The van der Waals surface area contributed by atoms with E-state index in [9.17, 15) is 4.79 Å². The Morgan fingerprint density at radius 1 is 1.32 bits per heavy atom. The van der Waals surface area contributed by atoms with Gasteiger partial charge in [-0.05, 0) is 29.8 Å². The molecule has 2 aliphatic rings. The second kappa shape index (κ2) is 6.80. The average Bonchev–Trinajstić information content (AvgIpc) is 3.33. The van der Waals surface area contributed by atoms with E-state index in [0.717, 1.165) is 30.0 Å². The van der Waals surface area contributed by atoms with Gasteiger partial charge in [-0.25, -0.2) is 0 Å². The van der Waals surface area contributed by atoms with Crippen LogP contribution in [-0.4, -0.2) is 30.4 Å². The Kier molecular flexibility index (Phi) is 4.36. The van der Waals surface area contributed by atoms with E-state index in [2.05, 4.69) is 35.3 Å². The molecule has 0 saturated carbocycles. The van der Waals surface area contributed by atoms with Crippen LogP contribution in [0.15, 0.2) is 36.5 Å². The first kappa shape index (κ1) is 16.0. The maximum absolute atomic E-state index is 12.4. The van der Waals surface area contributed by atoms with Crippen LogP contribution in [0.25, 0.3) is 0 Å². The largest absolute Gasteiger partial charge is 0.454 e. The summed E-state index contributed by atoms with van der Waals surface area (Å²) in [5, 5.41) is 3.03. The molecule has 0 bridgehead atoms. The molecular weight excluding hydrogens is 318 g/mol. The molecule has 25 heavy (non-hydrogen) atoms. The van der Waals surface area contributed by atoms with Gasteiger partial charge in [-0.2, -0.15) is 0 Å². The fourth-order valence-electron chi connectivity index (χ4n) is 3.84. The van der Waals surface area contributed by atoms with Crippen LogP contribution in [0.1, 0.15) is 30.1 Å².